The van der Waals surface area contributed by atoms with Crippen LogP contribution in [0.5, 0.6) is 0 Å². The van der Waals surface area contributed by atoms with Crippen LogP contribution >= 0.6 is 7.14 Å². The lowest BCUT2D eigenvalue weighted by atomic mass is 10.2. The zero-order chi connectivity index (χ0) is 9.31. The Morgan fingerprint density at radius 1 is 1.08 bits per heavy atom. The number of benzene rings is 1. The zero-order valence-electron chi connectivity index (χ0n) is 7.73. The fraction of sp³-hybridized carbons (Fsp3) is 0.273. The predicted octanol–water partition coefficient (Wildman–Crippen LogP) is 2.55. The molecule has 1 aromatic rings. The van der Waals surface area contributed by atoms with Gasteiger partial charge >= 0.3 is 0 Å². The highest BCUT2D eigenvalue weighted by Crippen LogP contribution is 2.47. The molecule has 0 N–H and O–H groups in total. The second-order valence-electron chi connectivity index (χ2n) is 3.56. The summed E-state index contributed by atoms with van der Waals surface area (Å²) in [7, 11) is -2.05. The normalized spacial score (nSPS) is 19.2. The van der Waals surface area contributed by atoms with Gasteiger partial charge in [-0.25, -0.2) is 0 Å². The number of aryl methyl sites for hydroxylation is 1. The molecule has 0 aromatic heterocycles. The van der Waals surface area contributed by atoms with Gasteiger partial charge in [-0.15, -0.1) is 0 Å². The Bertz CT molecular complexity index is 364. The van der Waals surface area contributed by atoms with Crippen molar-refractivity contribution in [3.63, 3.8) is 0 Å². The fourth-order valence-corrected chi connectivity index (χ4v) is 3.83. The van der Waals surface area contributed by atoms with Crippen LogP contribution in [0.1, 0.15) is 5.56 Å². The largest absolute Gasteiger partial charge is 0.318 e. The molecule has 0 aliphatic carbocycles. The molecule has 13 heavy (non-hydrogen) atoms. The van der Waals surface area contributed by atoms with Crippen LogP contribution in [0, 0.1) is 6.92 Å². The van der Waals surface area contributed by atoms with Gasteiger partial charge in [0.2, 0.25) is 0 Å². The molecule has 1 aliphatic heterocycles. The summed E-state index contributed by atoms with van der Waals surface area (Å²) in [5.74, 6) is 0. The molecule has 1 aromatic carbocycles. The third kappa shape index (κ3) is 1.62. The molecule has 0 radical (unpaired) electrons. The summed E-state index contributed by atoms with van der Waals surface area (Å²) in [6.45, 7) is 2.05. The summed E-state index contributed by atoms with van der Waals surface area (Å²) in [6.07, 6.45) is 5.55. The van der Waals surface area contributed by atoms with Gasteiger partial charge in [0.25, 0.3) is 0 Å². The third-order valence-corrected chi connectivity index (χ3v) is 5.31. The monoisotopic (exact) mass is 192 g/mol. The molecule has 0 atom stereocenters. The molecule has 0 saturated heterocycles. The van der Waals surface area contributed by atoms with Crippen LogP contribution in [-0.2, 0) is 4.57 Å². The van der Waals surface area contributed by atoms with Crippen LogP contribution in [-0.4, -0.2) is 12.3 Å². The minimum atomic E-state index is -2.05. The van der Waals surface area contributed by atoms with E-state index in [1.54, 1.807) is 0 Å². The SMILES string of the molecule is Cc1ccc(P2(=O)CC=CC2)cc1. The summed E-state index contributed by atoms with van der Waals surface area (Å²) in [4.78, 5) is 0. The van der Waals surface area contributed by atoms with Crippen LogP contribution in [0.15, 0.2) is 36.4 Å². The first-order chi connectivity index (χ1) is 6.21. The molecule has 0 amide bonds. The van der Waals surface area contributed by atoms with Gasteiger partial charge in [-0.2, -0.15) is 0 Å². The zero-order valence-corrected chi connectivity index (χ0v) is 8.63. The lowest BCUT2D eigenvalue weighted by Crippen LogP contribution is -2.05. The Morgan fingerprint density at radius 2 is 1.62 bits per heavy atom. The Labute approximate surface area is 78.9 Å². The standard InChI is InChI=1S/C11H13OP/c1-10-4-6-11(7-5-10)13(12)8-2-3-9-13/h2-7H,8-9H2,1H3. The quantitative estimate of drug-likeness (QED) is 0.493. The molecule has 0 saturated carbocycles. The summed E-state index contributed by atoms with van der Waals surface area (Å²) in [6, 6.07) is 8.08. The second-order valence-corrected chi connectivity index (χ2v) is 6.59. The Hall–Kier alpha value is -0.810. The minimum absolute atomic E-state index is 0.746. The molecule has 1 nitrogen and oxygen atoms in total. The van der Waals surface area contributed by atoms with Crippen molar-refractivity contribution in [2.75, 3.05) is 12.3 Å². The van der Waals surface area contributed by atoms with E-state index >= 15 is 0 Å². The van der Waals surface area contributed by atoms with E-state index in [1.165, 1.54) is 5.56 Å². The molecular weight excluding hydrogens is 179 g/mol. The van der Waals surface area contributed by atoms with Crippen LogP contribution in [0.4, 0.5) is 0 Å². The average Bonchev–Trinajstić information content (AvgIpc) is 2.54. The number of hydrogen-bond acceptors (Lipinski definition) is 1. The molecule has 1 heterocycles. The van der Waals surface area contributed by atoms with Gasteiger partial charge in [-0.05, 0) is 6.92 Å². The van der Waals surface area contributed by atoms with E-state index < -0.39 is 7.14 Å². The van der Waals surface area contributed by atoms with Gasteiger partial charge in [0.15, 0.2) is 0 Å². The molecule has 0 spiro atoms. The van der Waals surface area contributed by atoms with Crippen molar-refractivity contribution < 1.29 is 4.57 Å². The van der Waals surface area contributed by atoms with Crippen molar-refractivity contribution in [1.29, 1.82) is 0 Å². The van der Waals surface area contributed by atoms with Gasteiger partial charge in [0.1, 0.15) is 7.14 Å². The summed E-state index contributed by atoms with van der Waals surface area (Å²) >= 11 is 0. The first kappa shape index (κ1) is 8.77. The molecule has 0 unspecified atom stereocenters. The van der Waals surface area contributed by atoms with Gasteiger partial charge in [-0.3, -0.25) is 0 Å². The lowest BCUT2D eigenvalue weighted by Gasteiger charge is -2.10. The molecule has 0 fully saturated rings. The smallest absolute Gasteiger partial charge is 0.122 e. The van der Waals surface area contributed by atoms with E-state index in [-0.39, 0.29) is 0 Å². The van der Waals surface area contributed by atoms with E-state index in [9.17, 15) is 4.57 Å². The van der Waals surface area contributed by atoms with Crippen LogP contribution in [0.25, 0.3) is 0 Å². The van der Waals surface area contributed by atoms with Gasteiger partial charge in [-0.1, -0.05) is 42.0 Å². The molecular formula is C11H13OP. The van der Waals surface area contributed by atoms with Crippen molar-refractivity contribution in [2.24, 2.45) is 0 Å². The average molecular weight is 192 g/mol. The Kier molecular flexibility index (Phi) is 2.13. The second kappa shape index (κ2) is 3.16. The van der Waals surface area contributed by atoms with Crippen molar-refractivity contribution in [3.05, 3.63) is 42.0 Å². The van der Waals surface area contributed by atoms with Gasteiger partial charge in [0, 0.05) is 17.6 Å². The number of allylic oxidation sites excluding steroid dienone is 2. The summed E-state index contributed by atoms with van der Waals surface area (Å²) in [5, 5.41) is 1.03. The van der Waals surface area contributed by atoms with E-state index in [4.69, 9.17) is 0 Å². The fourth-order valence-electron chi connectivity index (χ4n) is 1.59. The highest BCUT2D eigenvalue weighted by molar-refractivity contribution is 7.72. The summed E-state index contributed by atoms with van der Waals surface area (Å²) < 4.78 is 12.3. The maximum atomic E-state index is 12.3. The van der Waals surface area contributed by atoms with Crippen molar-refractivity contribution in [3.8, 4) is 0 Å². The molecule has 0 bridgehead atoms. The first-order valence-electron chi connectivity index (χ1n) is 4.51. The number of hydrogen-bond donors (Lipinski definition) is 0. The van der Waals surface area contributed by atoms with E-state index in [2.05, 4.69) is 0 Å². The van der Waals surface area contributed by atoms with E-state index in [0.717, 1.165) is 17.6 Å². The van der Waals surface area contributed by atoms with Crippen LogP contribution in [0.3, 0.4) is 0 Å². The Morgan fingerprint density at radius 3 is 2.15 bits per heavy atom. The summed E-state index contributed by atoms with van der Waals surface area (Å²) in [5.41, 5.74) is 1.22. The van der Waals surface area contributed by atoms with Crippen LogP contribution in [0.2, 0.25) is 0 Å². The van der Waals surface area contributed by atoms with Crippen molar-refractivity contribution >= 4 is 12.4 Å². The minimum Gasteiger partial charge on any atom is -0.318 e. The predicted molar refractivity (Wildman–Crippen MR) is 57.3 cm³/mol. The van der Waals surface area contributed by atoms with Crippen molar-refractivity contribution in [1.82, 2.24) is 0 Å². The van der Waals surface area contributed by atoms with E-state index in [1.807, 2.05) is 43.3 Å². The van der Waals surface area contributed by atoms with Crippen molar-refractivity contribution in [2.45, 2.75) is 6.92 Å². The third-order valence-electron chi connectivity index (χ3n) is 2.47. The maximum absolute atomic E-state index is 12.3. The molecule has 1 aliphatic rings. The molecule has 2 rings (SSSR count). The maximum Gasteiger partial charge on any atom is 0.122 e. The highest BCUT2D eigenvalue weighted by Gasteiger charge is 2.24. The van der Waals surface area contributed by atoms with Gasteiger partial charge in [0.05, 0.1) is 0 Å². The Balaban J connectivity index is 2.36. The molecule has 2 heteroatoms. The number of rotatable bonds is 1. The first-order valence-corrected chi connectivity index (χ1v) is 6.59. The highest BCUT2D eigenvalue weighted by atomic mass is 31.2. The van der Waals surface area contributed by atoms with Crippen LogP contribution < -0.4 is 5.30 Å². The lowest BCUT2D eigenvalue weighted by molar-refractivity contribution is 0.585. The van der Waals surface area contributed by atoms with E-state index in [0.29, 0.717) is 0 Å². The van der Waals surface area contributed by atoms with Gasteiger partial charge < -0.3 is 4.57 Å². The molecule has 68 valence electrons. The topological polar surface area (TPSA) is 17.1 Å².